The third kappa shape index (κ3) is 1.60. The lowest BCUT2D eigenvalue weighted by atomic mass is 10.3. The summed E-state index contributed by atoms with van der Waals surface area (Å²) in [5.41, 5.74) is 0. The second kappa shape index (κ2) is 3.41. The molecule has 2 amide bonds. The topological polar surface area (TPSA) is 52.6 Å². The van der Waals surface area contributed by atoms with Gasteiger partial charge in [0.1, 0.15) is 6.73 Å². The largest absolute Gasteiger partial charge is 0.376 e. The van der Waals surface area contributed by atoms with Crippen LogP contribution in [0.25, 0.3) is 0 Å². The van der Waals surface area contributed by atoms with Crippen molar-refractivity contribution in [1.82, 2.24) is 10.2 Å². The maximum Gasteiger partial charge on any atom is 0.319 e. The van der Waals surface area contributed by atoms with Crippen molar-refractivity contribution in [3.8, 4) is 0 Å². The molecule has 1 heterocycles. The molecule has 0 aliphatic carbocycles. The SMILES string of the molecule is O=C1NCCCCN1CO. The number of amides is 2. The van der Waals surface area contributed by atoms with Gasteiger partial charge in [-0.25, -0.2) is 4.79 Å². The zero-order valence-electron chi connectivity index (χ0n) is 5.84. The van der Waals surface area contributed by atoms with E-state index in [0.29, 0.717) is 6.54 Å². The van der Waals surface area contributed by atoms with Gasteiger partial charge in [-0.05, 0) is 12.8 Å². The molecule has 0 radical (unpaired) electrons. The molecule has 0 saturated carbocycles. The Morgan fingerprint density at radius 3 is 3.10 bits per heavy atom. The van der Waals surface area contributed by atoms with Gasteiger partial charge in [0, 0.05) is 13.1 Å². The van der Waals surface area contributed by atoms with E-state index in [1.54, 1.807) is 0 Å². The van der Waals surface area contributed by atoms with E-state index in [1.165, 1.54) is 4.90 Å². The van der Waals surface area contributed by atoms with E-state index in [2.05, 4.69) is 5.32 Å². The Morgan fingerprint density at radius 1 is 1.60 bits per heavy atom. The van der Waals surface area contributed by atoms with Crippen LogP contribution in [0.5, 0.6) is 0 Å². The maximum atomic E-state index is 10.9. The van der Waals surface area contributed by atoms with Crippen molar-refractivity contribution in [2.45, 2.75) is 12.8 Å². The van der Waals surface area contributed by atoms with E-state index >= 15 is 0 Å². The van der Waals surface area contributed by atoms with E-state index in [-0.39, 0.29) is 12.8 Å². The fraction of sp³-hybridized carbons (Fsp3) is 0.833. The monoisotopic (exact) mass is 144 g/mol. The first kappa shape index (κ1) is 7.34. The zero-order valence-corrected chi connectivity index (χ0v) is 5.84. The van der Waals surface area contributed by atoms with Crippen LogP contribution in [0.2, 0.25) is 0 Å². The van der Waals surface area contributed by atoms with Crippen LogP contribution in [-0.2, 0) is 0 Å². The molecular weight excluding hydrogens is 132 g/mol. The van der Waals surface area contributed by atoms with Gasteiger partial charge in [0.25, 0.3) is 0 Å². The van der Waals surface area contributed by atoms with Gasteiger partial charge in [-0.2, -0.15) is 0 Å². The Morgan fingerprint density at radius 2 is 2.40 bits per heavy atom. The fourth-order valence-electron chi connectivity index (χ4n) is 0.971. The van der Waals surface area contributed by atoms with Crippen LogP contribution in [0.3, 0.4) is 0 Å². The third-order valence-corrected chi connectivity index (χ3v) is 1.59. The predicted molar refractivity (Wildman–Crippen MR) is 36.4 cm³/mol. The minimum absolute atomic E-state index is 0.153. The van der Waals surface area contributed by atoms with Gasteiger partial charge in [-0.1, -0.05) is 0 Å². The molecule has 58 valence electrons. The van der Waals surface area contributed by atoms with Crippen LogP contribution in [0.1, 0.15) is 12.8 Å². The van der Waals surface area contributed by atoms with Crippen molar-refractivity contribution < 1.29 is 9.90 Å². The van der Waals surface area contributed by atoms with Crippen LogP contribution in [-0.4, -0.2) is 35.9 Å². The smallest absolute Gasteiger partial charge is 0.319 e. The lowest BCUT2D eigenvalue weighted by Gasteiger charge is -2.15. The first-order valence-corrected chi connectivity index (χ1v) is 3.48. The lowest BCUT2D eigenvalue weighted by Crippen LogP contribution is -2.38. The number of carbonyl (C=O) groups is 1. The van der Waals surface area contributed by atoms with Gasteiger partial charge in [-0.3, -0.25) is 0 Å². The summed E-state index contributed by atoms with van der Waals surface area (Å²) < 4.78 is 0. The quantitative estimate of drug-likeness (QED) is 0.532. The van der Waals surface area contributed by atoms with Gasteiger partial charge >= 0.3 is 6.03 Å². The number of aliphatic hydroxyl groups excluding tert-OH is 1. The number of hydrogen-bond acceptors (Lipinski definition) is 2. The molecule has 0 aromatic carbocycles. The summed E-state index contributed by atoms with van der Waals surface area (Å²) in [4.78, 5) is 12.3. The highest BCUT2D eigenvalue weighted by Crippen LogP contribution is 1.98. The summed E-state index contributed by atoms with van der Waals surface area (Å²) in [5, 5.41) is 11.3. The Labute approximate surface area is 59.8 Å². The normalized spacial score (nSPS) is 20.1. The number of rotatable bonds is 1. The highest BCUT2D eigenvalue weighted by Gasteiger charge is 2.13. The molecule has 1 rings (SSSR count). The van der Waals surface area contributed by atoms with Gasteiger partial charge in [-0.15, -0.1) is 0 Å². The zero-order chi connectivity index (χ0) is 7.40. The van der Waals surface area contributed by atoms with Crippen molar-refractivity contribution in [3.63, 3.8) is 0 Å². The molecular formula is C6H12N2O2. The minimum Gasteiger partial charge on any atom is -0.376 e. The predicted octanol–water partition coefficient (Wildman–Crippen LogP) is -0.258. The van der Waals surface area contributed by atoms with Gasteiger partial charge < -0.3 is 15.3 Å². The summed E-state index contributed by atoms with van der Waals surface area (Å²) >= 11 is 0. The molecule has 1 aliphatic rings. The summed E-state index contributed by atoms with van der Waals surface area (Å²) in [7, 11) is 0. The molecule has 1 aliphatic heterocycles. The van der Waals surface area contributed by atoms with Crippen LogP contribution in [0.15, 0.2) is 0 Å². The number of nitrogens with one attached hydrogen (secondary N) is 1. The molecule has 0 atom stereocenters. The molecule has 0 aromatic heterocycles. The summed E-state index contributed by atoms with van der Waals surface area (Å²) in [6.45, 7) is 1.23. The second-order valence-corrected chi connectivity index (χ2v) is 2.34. The molecule has 1 saturated heterocycles. The Bertz CT molecular complexity index is 127. The Hall–Kier alpha value is -0.770. The van der Waals surface area contributed by atoms with Crippen molar-refractivity contribution in [2.75, 3.05) is 19.8 Å². The standard InChI is InChI=1S/C6H12N2O2/c9-5-8-4-2-1-3-7-6(8)10/h9H,1-5H2,(H,7,10). The van der Waals surface area contributed by atoms with E-state index in [9.17, 15) is 4.79 Å². The van der Waals surface area contributed by atoms with E-state index < -0.39 is 0 Å². The van der Waals surface area contributed by atoms with Crippen molar-refractivity contribution in [2.24, 2.45) is 0 Å². The van der Waals surface area contributed by atoms with Crippen LogP contribution in [0.4, 0.5) is 4.79 Å². The molecule has 1 fully saturated rings. The van der Waals surface area contributed by atoms with E-state index in [1.807, 2.05) is 0 Å². The maximum absolute atomic E-state index is 10.9. The Balaban J connectivity index is 2.43. The lowest BCUT2D eigenvalue weighted by molar-refractivity contribution is 0.126. The van der Waals surface area contributed by atoms with Crippen molar-refractivity contribution in [1.29, 1.82) is 0 Å². The molecule has 4 nitrogen and oxygen atoms in total. The molecule has 2 N–H and O–H groups in total. The molecule has 10 heavy (non-hydrogen) atoms. The van der Waals surface area contributed by atoms with Gasteiger partial charge in [0.05, 0.1) is 0 Å². The fourth-order valence-corrected chi connectivity index (χ4v) is 0.971. The summed E-state index contributed by atoms with van der Waals surface area (Å²) in [5.74, 6) is 0. The molecule has 0 bridgehead atoms. The van der Waals surface area contributed by atoms with Crippen LogP contribution in [0, 0.1) is 0 Å². The minimum atomic E-state index is -0.175. The van der Waals surface area contributed by atoms with Crippen molar-refractivity contribution >= 4 is 6.03 Å². The molecule has 0 unspecified atom stereocenters. The highest BCUT2D eigenvalue weighted by molar-refractivity contribution is 5.74. The number of hydrogen-bond donors (Lipinski definition) is 2. The average Bonchev–Trinajstić information content (AvgIpc) is 2.13. The third-order valence-electron chi connectivity index (χ3n) is 1.59. The molecule has 4 heteroatoms. The molecule has 0 aromatic rings. The number of aliphatic hydroxyl groups is 1. The number of nitrogens with zero attached hydrogens (tertiary/aromatic N) is 1. The van der Waals surface area contributed by atoms with Crippen LogP contribution < -0.4 is 5.32 Å². The van der Waals surface area contributed by atoms with E-state index in [4.69, 9.17) is 5.11 Å². The summed E-state index contributed by atoms with van der Waals surface area (Å²) in [6.07, 6.45) is 1.97. The number of carbonyl (C=O) groups excluding carboxylic acids is 1. The summed E-state index contributed by atoms with van der Waals surface area (Å²) in [6, 6.07) is -0.153. The van der Waals surface area contributed by atoms with Crippen LogP contribution >= 0.6 is 0 Å². The first-order valence-electron chi connectivity index (χ1n) is 3.48. The van der Waals surface area contributed by atoms with E-state index in [0.717, 1.165) is 19.4 Å². The first-order chi connectivity index (χ1) is 4.84. The van der Waals surface area contributed by atoms with Crippen molar-refractivity contribution in [3.05, 3.63) is 0 Å². The Kier molecular flexibility index (Phi) is 2.50. The second-order valence-electron chi connectivity index (χ2n) is 2.34. The van der Waals surface area contributed by atoms with Gasteiger partial charge in [0.2, 0.25) is 0 Å². The highest BCUT2D eigenvalue weighted by atomic mass is 16.3. The van der Waals surface area contributed by atoms with Gasteiger partial charge in [0.15, 0.2) is 0 Å². The average molecular weight is 144 g/mol. The molecule has 0 spiro atoms. The number of urea groups is 1.